The third kappa shape index (κ3) is 4.92. The summed E-state index contributed by atoms with van der Waals surface area (Å²) in [4.78, 5) is 22.3. The van der Waals surface area contributed by atoms with E-state index < -0.39 is 0 Å². The van der Waals surface area contributed by atoms with Crippen LogP contribution in [-0.4, -0.2) is 41.4 Å². The number of aryl methyl sites for hydroxylation is 1. The van der Waals surface area contributed by atoms with Gasteiger partial charge >= 0.3 is 0 Å². The van der Waals surface area contributed by atoms with Crippen LogP contribution in [0.25, 0.3) is 6.08 Å². The number of aromatic nitrogens is 2. The van der Waals surface area contributed by atoms with Gasteiger partial charge in [0, 0.05) is 31.3 Å². The minimum absolute atomic E-state index is 0.148. The van der Waals surface area contributed by atoms with E-state index in [1.54, 1.807) is 6.08 Å². The highest BCUT2D eigenvalue weighted by molar-refractivity contribution is 8.16. The van der Waals surface area contributed by atoms with Gasteiger partial charge in [0.2, 0.25) is 5.95 Å². The molecule has 7 heteroatoms. The van der Waals surface area contributed by atoms with Crippen LogP contribution >= 0.6 is 11.8 Å². The number of hydrogen-bond donors (Lipinski definition) is 2. The molecule has 1 aromatic rings. The molecule has 0 amide bonds. The molecule has 0 spiro atoms. The summed E-state index contributed by atoms with van der Waals surface area (Å²) >= 11 is 1.10. The Kier molecular flexibility index (Phi) is 7.47. The molecule has 0 bridgehead atoms. The Morgan fingerprint density at radius 3 is 2.65 bits per heavy atom. The highest BCUT2D eigenvalue weighted by atomic mass is 32.2. The van der Waals surface area contributed by atoms with Crippen LogP contribution in [0, 0.1) is 12.3 Å². The standard InChI is InChI=1S/C16H23N5OS/c1-6-18-16-19-11(4)13(15(20-16)21(5)7-2)9-12(10-22)14(17)23-8-3/h8-10,17H,3,6-7H2,1-2,4-5H3,(H,18,19,20)/b12-9+,17-14?. The number of carbonyl (C=O) groups excluding carboxylic acids is 1. The van der Waals surface area contributed by atoms with Crippen molar-refractivity contribution in [3.63, 3.8) is 0 Å². The zero-order chi connectivity index (χ0) is 17.4. The van der Waals surface area contributed by atoms with E-state index in [-0.39, 0.29) is 10.6 Å². The second-order valence-electron chi connectivity index (χ2n) is 4.75. The highest BCUT2D eigenvalue weighted by Crippen LogP contribution is 2.25. The van der Waals surface area contributed by atoms with Crippen LogP contribution in [0.15, 0.2) is 17.6 Å². The molecule has 2 N–H and O–H groups in total. The first kappa shape index (κ1) is 18.9. The molecule has 0 fully saturated rings. The first-order valence-electron chi connectivity index (χ1n) is 7.35. The third-order valence-electron chi connectivity index (χ3n) is 3.18. The van der Waals surface area contributed by atoms with Gasteiger partial charge in [-0.3, -0.25) is 10.2 Å². The minimum Gasteiger partial charge on any atom is -0.359 e. The SMILES string of the molecule is C=CSC(=N)/C(C=O)=C/c1c(C)nc(NCC)nc1N(C)CC. The van der Waals surface area contributed by atoms with E-state index >= 15 is 0 Å². The van der Waals surface area contributed by atoms with Gasteiger partial charge in [-0.15, -0.1) is 0 Å². The van der Waals surface area contributed by atoms with Gasteiger partial charge in [-0.1, -0.05) is 18.3 Å². The van der Waals surface area contributed by atoms with Crippen molar-refractivity contribution in [3.05, 3.63) is 28.8 Å². The van der Waals surface area contributed by atoms with Gasteiger partial charge in [0.05, 0.1) is 5.69 Å². The second-order valence-corrected chi connectivity index (χ2v) is 5.72. The van der Waals surface area contributed by atoms with Gasteiger partial charge in [-0.2, -0.15) is 4.98 Å². The molecule has 1 aromatic heterocycles. The van der Waals surface area contributed by atoms with E-state index in [1.165, 1.54) is 5.41 Å². The minimum atomic E-state index is 0.148. The third-order valence-corrected chi connectivity index (χ3v) is 3.82. The van der Waals surface area contributed by atoms with E-state index in [9.17, 15) is 4.79 Å². The number of aldehydes is 1. The van der Waals surface area contributed by atoms with Crippen LogP contribution in [0.5, 0.6) is 0 Å². The van der Waals surface area contributed by atoms with Crippen LogP contribution in [0.4, 0.5) is 11.8 Å². The fraction of sp³-hybridized carbons (Fsp3) is 0.375. The van der Waals surface area contributed by atoms with Crippen molar-refractivity contribution in [2.24, 2.45) is 0 Å². The summed E-state index contributed by atoms with van der Waals surface area (Å²) in [5, 5.41) is 12.7. The molecular weight excluding hydrogens is 310 g/mol. The van der Waals surface area contributed by atoms with Crippen molar-refractivity contribution in [2.45, 2.75) is 20.8 Å². The Hall–Kier alpha value is -2.15. The zero-order valence-corrected chi connectivity index (χ0v) is 14.8. The van der Waals surface area contributed by atoms with Crippen molar-refractivity contribution >= 4 is 40.9 Å². The number of hydrogen-bond acceptors (Lipinski definition) is 7. The predicted octanol–water partition coefficient (Wildman–Crippen LogP) is 3.11. The summed E-state index contributed by atoms with van der Waals surface area (Å²) < 4.78 is 0. The second kappa shape index (κ2) is 9.09. The molecule has 1 rings (SSSR count). The van der Waals surface area contributed by atoms with Crippen LogP contribution in [0.2, 0.25) is 0 Å². The molecule has 0 radical (unpaired) electrons. The summed E-state index contributed by atoms with van der Waals surface area (Å²) in [6, 6.07) is 0. The van der Waals surface area contributed by atoms with Crippen LogP contribution in [-0.2, 0) is 4.79 Å². The number of nitrogens with one attached hydrogen (secondary N) is 2. The molecule has 0 aliphatic rings. The maximum absolute atomic E-state index is 11.3. The Bertz CT molecular complexity index is 627. The Morgan fingerprint density at radius 1 is 1.43 bits per heavy atom. The van der Waals surface area contributed by atoms with Crippen molar-refractivity contribution in [2.75, 3.05) is 30.4 Å². The maximum atomic E-state index is 11.3. The molecule has 0 saturated heterocycles. The lowest BCUT2D eigenvalue weighted by Crippen LogP contribution is -2.20. The average Bonchev–Trinajstić information content (AvgIpc) is 2.53. The summed E-state index contributed by atoms with van der Waals surface area (Å²) in [5.74, 6) is 1.28. The molecule has 0 aliphatic carbocycles. The van der Waals surface area contributed by atoms with Gasteiger partial charge in [0.1, 0.15) is 10.9 Å². The van der Waals surface area contributed by atoms with Crippen molar-refractivity contribution in [3.8, 4) is 0 Å². The average molecular weight is 333 g/mol. The number of carbonyl (C=O) groups is 1. The Labute approximate surface area is 141 Å². The summed E-state index contributed by atoms with van der Waals surface area (Å²) in [7, 11) is 1.93. The van der Waals surface area contributed by atoms with E-state index in [0.29, 0.717) is 12.2 Å². The van der Waals surface area contributed by atoms with Gasteiger partial charge in [0.15, 0.2) is 6.29 Å². The van der Waals surface area contributed by atoms with Gasteiger partial charge in [-0.25, -0.2) is 4.98 Å². The molecule has 1 heterocycles. The van der Waals surface area contributed by atoms with Gasteiger partial charge in [-0.05, 0) is 32.3 Å². The smallest absolute Gasteiger partial charge is 0.224 e. The molecule has 0 saturated carbocycles. The molecule has 0 atom stereocenters. The zero-order valence-electron chi connectivity index (χ0n) is 14.0. The van der Waals surface area contributed by atoms with Crippen LogP contribution in [0.1, 0.15) is 25.1 Å². The maximum Gasteiger partial charge on any atom is 0.224 e. The fourth-order valence-corrected chi connectivity index (χ4v) is 2.28. The largest absolute Gasteiger partial charge is 0.359 e. The first-order valence-corrected chi connectivity index (χ1v) is 8.23. The summed E-state index contributed by atoms with van der Waals surface area (Å²) in [5.41, 5.74) is 1.78. The molecule has 6 nitrogen and oxygen atoms in total. The Balaban J connectivity index is 3.45. The van der Waals surface area contributed by atoms with Crippen molar-refractivity contribution in [1.82, 2.24) is 9.97 Å². The summed E-state index contributed by atoms with van der Waals surface area (Å²) in [6.45, 7) is 10.9. The van der Waals surface area contributed by atoms with Gasteiger partial charge < -0.3 is 10.2 Å². The topological polar surface area (TPSA) is 82.0 Å². The van der Waals surface area contributed by atoms with E-state index in [1.807, 2.05) is 32.7 Å². The Morgan fingerprint density at radius 2 is 2.13 bits per heavy atom. The number of nitrogens with zero attached hydrogens (tertiary/aromatic N) is 3. The number of thioether (sulfide) groups is 1. The summed E-state index contributed by atoms with van der Waals surface area (Å²) in [6.07, 6.45) is 2.34. The lowest BCUT2D eigenvalue weighted by atomic mass is 10.1. The lowest BCUT2D eigenvalue weighted by Gasteiger charge is -2.20. The van der Waals surface area contributed by atoms with Gasteiger partial charge in [0.25, 0.3) is 0 Å². The molecule has 0 unspecified atom stereocenters. The van der Waals surface area contributed by atoms with E-state index in [0.717, 1.165) is 41.9 Å². The van der Waals surface area contributed by atoms with E-state index in [2.05, 4.69) is 21.9 Å². The normalized spacial score (nSPS) is 11.0. The first-order chi connectivity index (χ1) is 11.0. The van der Waals surface area contributed by atoms with Crippen LogP contribution in [0.3, 0.4) is 0 Å². The van der Waals surface area contributed by atoms with Crippen LogP contribution < -0.4 is 10.2 Å². The lowest BCUT2D eigenvalue weighted by molar-refractivity contribution is -0.104. The quantitative estimate of drug-likeness (QED) is 0.329. The van der Waals surface area contributed by atoms with Crippen molar-refractivity contribution in [1.29, 1.82) is 5.41 Å². The molecule has 124 valence electrons. The molecule has 0 aliphatic heterocycles. The monoisotopic (exact) mass is 333 g/mol. The molecular formula is C16H23N5OS. The fourth-order valence-electron chi connectivity index (χ4n) is 1.87. The van der Waals surface area contributed by atoms with Crippen molar-refractivity contribution < 1.29 is 4.79 Å². The van der Waals surface area contributed by atoms with E-state index in [4.69, 9.17) is 5.41 Å². The molecule has 23 heavy (non-hydrogen) atoms. The predicted molar refractivity (Wildman–Crippen MR) is 99.4 cm³/mol. The highest BCUT2D eigenvalue weighted by Gasteiger charge is 2.15. The molecule has 0 aromatic carbocycles. The number of anilines is 2. The number of rotatable bonds is 8.